The summed E-state index contributed by atoms with van der Waals surface area (Å²) in [5, 5.41) is 14.8. The molecule has 0 aromatic rings. The molecule has 0 fully saturated rings. The summed E-state index contributed by atoms with van der Waals surface area (Å²) in [7, 11) is 0. The molecular weight excluding hydrogens is 217 g/mol. The van der Waals surface area contributed by atoms with Gasteiger partial charge in [0.05, 0.1) is 5.09 Å². The molecule has 0 amide bonds. The zero-order valence-electron chi connectivity index (χ0n) is 2.70. The largest absolute Gasteiger partial charge is 0.870 e. The van der Waals surface area contributed by atoms with Crippen molar-refractivity contribution in [2.45, 2.75) is 0 Å². The molecule has 0 unspecified atom stereocenters. The number of hydrogen-bond donors (Lipinski definition) is 0. The van der Waals surface area contributed by atoms with Crippen LogP contribution in [0.3, 0.4) is 0 Å². The Hall–Kier alpha value is 0.355. The van der Waals surface area contributed by atoms with Gasteiger partial charge in [0.2, 0.25) is 0 Å². The van der Waals surface area contributed by atoms with E-state index >= 15 is 0 Å². The van der Waals surface area contributed by atoms with Crippen LogP contribution in [0.25, 0.3) is 0 Å². The Bertz CT molecular complexity index is 30.5. The van der Waals surface area contributed by atoms with Crippen molar-refractivity contribution in [1.82, 2.24) is 0 Å². The van der Waals surface area contributed by atoms with Crippen molar-refractivity contribution in [1.29, 1.82) is 0 Å². The van der Waals surface area contributed by atoms with Gasteiger partial charge in [0.15, 0.2) is 0 Å². The van der Waals surface area contributed by atoms with Gasteiger partial charge in [-0.25, -0.2) is 0 Å². The quantitative estimate of drug-likeness (QED) is 0.407. The first-order valence-corrected chi connectivity index (χ1v) is 0.548. The second-order valence-corrected chi connectivity index (χ2v) is 0.224. The average Bonchev–Trinajstić information content (AvgIpc) is 0.811. The van der Waals surface area contributed by atoms with E-state index in [2.05, 4.69) is 0 Å². The molecular formula is HLaNO4-2. The van der Waals surface area contributed by atoms with Crippen LogP contribution in [-0.4, -0.2) is 10.6 Å². The fourth-order valence-corrected chi connectivity index (χ4v) is 0. The third-order valence-electron chi connectivity index (χ3n) is 0. The van der Waals surface area contributed by atoms with Gasteiger partial charge in [-0.1, -0.05) is 0 Å². The minimum atomic E-state index is -1.75. The van der Waals surface area contributed by atoms with Crippen molar-refractivity contribution in [2.24, 2.45) is 0 Å². The van der Waals surface area contributed by atoms with Crippen LogP contribution in [-0.2, 0) is 0 Å². The van der Waals surface area contributed by atoms with Crippen LogP contribution in [0, 0.1) is 50.9 Å². The Morgan fingerprint density at radius 1 is 1.33 bits per heavy atom. The first kappa shape index (κ1) is 16.2. The van der Waals surface area contributed by atoms with E-state index in [0.717, 1.165) is 0 Å². The summed E-state index contributed by atoms with van der Waals surface area (Å²) in [6.07, 6.45) is 0. The molecule has 0 saturated heterocycles. The summed E-state index contributed by atoms with van der Waals surface area (Å²) >= 11 is 0. The molecule has 0 saturated carbocycles. The SMILES string of the molecule is O=[N+]([O-])[O-].[La].[OH-]. The molecule has 0 aromatic carbocycles. The van der Waals surface area contributed by atoms with E-state index in [1.54, 1.807) is 0 Å². The molecule has 0 rings (SSSR count). The second-order valence-electron chi connectivity index (χ2n) is 0.224. The second kappa shape index (κ2) is 9.02. The molecule has 0 aliphatic rings. The molecule has 0 aliphatic heterocycles. The summed E-state index contributed by atoms with van der Waals surface area (Å²) < 4.78 is 0. The van der Waals surface area contributed by atoms with Gasteiger partial charge in [0, 0.05) is 35.6 Å². The topological polar surface area (TPSA) is 96.2 Å². The summed E-state index contributed by atoms with van der Waals surface area (Å²) in [6, 6.07) is 0. The zero-order chi connectivity index (χ0) is 3.58. The van der Waals surface area contributed by atoms with Crippen LogP contribution in [0.4, 0.5) is 0 Å². The molecule has 0 spiro atoms. The van der Waals surface area contributed by atoms with Crippen molar-refractivity contribution >= 4 is 0 Å². The van der Waals surface area contributed by atoms with Crippen molar-refractivity contribution in [3.8, 4) is 0 Å². The summed E-state index contributed by atoms with van der Waals surface area (Å²) in [5.41, 5.74) is 0. The normalized spacial score (nSPS) is 4.00. The number of rotatable bonds is 0. The van der Waals surface area contributed by atoms with E-state index in [1.807, 2.05) is 0 Å². The Morgan fingerprint density at radius 3 is 1.33 bits per heavy atom. The predicted molar refractivity (Wildman–Crippen MR) is 12.3 cm³/mol. The molecule has 6 heavy (non-hydrogen) atoms. The Kier molecular flexibility index (Phi) is 24.3. The molecule has 35 valence electrons. The van der Waals surface area contributed by atoms with Gasteiger partial charge in [0.25, 0.3) is 0 Å². The van der Waals surface area contributed by atoms with E-state index in [1.165, 1.54) is 0 Å². The molecule has 6 heteroatoms. The molecule has 0 aromatic heterocycles. The third kappa shape index (κ3) is 389. The molecule has 0 aliphatic carbocycles. The van der Waals surface area contributed by atoms with E-state index in [4.69, 9.17) is 15.3 Å². The Balaban J connectivity index is -0.0000000450. The minimum absolute atomic E-state index is 0. The van der Waals surface area contributed by atoms with Crippen molar-refractivity contribution in [2.75, 3.05) is 0 Å². The maximum absolute atomic E-state index is 8.25. The Morgan fingerprint density at radius 2 is 1.33 bits per heavy atom. The van der Waals surface area contributed by atoms with Crippen LogP contribution < -0.4 is 0 Å². The maximum atomic E-state index is 8.25. The standard InChI is InChI=1S/La.NO3.H2O/c;2-1(3)4;/h;;1H2/q;-1;/p-1. The van der Waals surface area contributed by atoms with Crippen LogP contribution in [0.15, 0.2) is 0 Å². The van der Waals surface area contributed by atoms with Gasteiger partial charge in [-0.3, -0.25) is 0 Å². The van der Waals surface area contributed by atoms with Crippen molar-refractivity contribution < 1.29 is 46.2 Å². The Labute approximate surface area is 61.4 Å². The van der Waals surface area contributed by atoms with E-state index in [-0.39, 0.29) is 41.1 Å². The number of hydrogen-bond acceptors (Lipinski definition) is 4. The molecule has 0 atom stereocenters. The van der Waals surface area contributed by atoms with E-state index < -0.39 is 5.09 Å². The first-order valence-electron chi connectivity index (χ1n) is 0.548. The van der Waals surface area contributed by atoms with Crippen molar-refractivity contribution in [3.63, 3.8) is 0 Å². The first-order chi connectivity index (χ1) is 1.73. The van der Waals surface area contributed by atoms with Gasteiger partial charge in [0.1, 0.15) is 0 Å². The monoisotopic (exact) mass is 218 g/mol. The van der Waals surface area contributed by atoms with Crippen LogP contribution in [0.2, 0.25) is 0 Å². The zero-order valence-corrected chi connectivity index (χ0v) is 6.32. The third-order valence-corrected chi connectivity index (χ3v) is 0. The van der Waals surface area contributed by atoms with E-state index in [0.29, 0.717) is 0 Å². The van der Waals surface area contributed by atoms with Crippen molar-refractivity contribution in [3.05, 3.63) is 15.3 Å². The average molecular weight is 218 g/mol. The van der Waals surface area contributed by atoms with Crippen LogP contribution >= 0.6 is 0 Å². The molecule has 5 nitrogen and oxygen atoms in total. The van der Waals surface area contributed by atoms with E-state index in [9.17, 15) is 0 Å². The molecule has 1 N–H and O–H groups in total. The smallest absolute Gasteiger partial charge is 0.0689 e. The van der Waals surface area contributed by atoms with Gasteiger partial charge >= 0.3 is 0 Å². The van der Waals surface area contributed by atoms with Gasteiger partial charge < -0.3 is 20.8 Å². The maximum Gasteiger partial charge on any atom is 0.0689 e. The minimum Gasteiger partial charge on any atom is -0.870 e. The van der Waals surface area contributed by atoms with Gasteiger partial charge in [-0.15, -0.1) is 0 Å². The van der Waals surface area contributed by atoms with Crippen LogP contribution in [0.1, 0.15) is 0 Å². The number of nitrogens with zero attached hydrogens (tertiary/aromatic N) is 1. The fourth-order valence-electron chi connectivity index (χ4n) is 0. The van der Waals surface area contributed by atoms with Crippen LogP contribution in [0.5, 0.6) is 0 Å². The van der Waals surface area contributed by atoms with Gasteiger partial charge in [-0.2, -0.15) is 0 Å². The summed E-state index contributed by atoms with van der Waals surface area (Å²) in [6.45, 7) is 0. The molecule has 0 heterocycles. The molecule has 0 bridgehead atoms. The predicted octanol–water partition coefficient (Wildman–Crippen LogP) is -0.416. The summed E-state index contributed by atoms with van der Waals surface area (Å²) in [4.78, 5) is 8.25. The molecule has 1 radical (unpaired) electrons. The summed E-state index contributed by atoms with van der Waals surface area (Å²) in [5.74, 6) is 0. The van der Waals surface area contributed by atoms with Gasteiger partial charge in [-0.05, 0) is 0 Å². The fraction of sp³-hybridized carbons (Fsp3) is 0.